The Labute approximate surface area is 75.2 Å². The van der Waals surface area contributed by atoms with E-state index in [0.717, 1.165) is 5.56 Å². The molecule has 0 fully saturated rings. The summed E-state index contributed by atoms with van der Waals surface area (Å²) in [6.07, 6.45) is -0.0466. The summed E-state index contributed by atoms with van der Waals surface area (Å²) in [4.78, 5) is 10.5. The smallest absolute Gasteiger partial charge is 0.226 e. The Balaban J connectivity index is 2.97. The van der Waals surface area contributed by atoms with Crippen LogP contribution in [0, 0.1) is 12.7 Å². The summed E-state index contributed by atoms with van der Waals surface area (Å²) in [5, 5.41) is -0.542. The van der Waals surface area contributed by atoms with Crippen LogP contribution >= 0.6 is 11.6 Å². The molecule has 1 aromatic carbocycles. The molecule has 1 rings (SSSR count). The van der Waals surface area contributed by atoms with E-state index in [4.69, 9.17) is 11.6 Å². The van der Waals surface area contributed by atoms with Crippen molar-refractivity contribution in [3.63, 3.8) is 0 Å². The summed E-state index contributed by atoms with van der Waals surface area (Å²) in [5.41, 5.74) is 1.28. The second-order valence-electron chi connectivity index (χ2n) is 2.63. The van der Waals surface area contributed by atoms with Gasteiger partial charge in [-0.1, -0.05) is 17.7 Å². The van der Waals surface area contributed by atoms with Crippen molar-refractivity contribution in [2.45, 2.75) is 13.3 Å². The maximum absolute atomic E-state index is 12.9. The van der Waals surface area contributed by atoms with Crippen molar-refractivity contribution < 1.29 is 9.18 Å². The minimum absolute atomic E-state index is 0.0466. The highest BCUT2D eigenvalue weighted by Gasteiger charge is 2.05. The maximum atomic E-state index is 12.9. The van der Waals surface area contributed by atoms with Crippen molar-refractivity contribution in [1.82, 2.24) is 0 Å². The second-order valence-corrected chi connectivity index (χ2v) is 3.05. The zero-order valence-corrected chi connectivity index (χ0v) is 7.36. The van der Waals surface area contributed by atoms with Crippen molar-refractivity contribution in [1.29, 1.82) is 0 Å². The van der Waals surface area contributed by atoms with Crippen LogP contribution in [0.2, 0.25) is 0 Å². The molecule has 0 radical (unpaired) electrons. The number of rotatable bonds is 2. The fourth-order valence-corrected chi connectivity index (χ4v) is 1.13. The molecular formula is C9H8ClFO. The van der Waals surface area contributed by atoms with Crippen LogP contribution in [0.4, 0.5) is 4.39 Å². The number of hydrogen-bond acceptors (Lipinski definition) is 1. The first-order valence-corrected chi connectivity index (χ1v) is 3.91. The van der Waals surface area contributed by atoms with Gasteiger partial charge in [0, 0.05) is 6.42 Å². The van der Waals surface area contributed by atoms with Crippen molar-refractivity contribution >= 4 is 16.8 Å². The lowest BCUT2D eigenvalue weighted by Gasteiger charge is -2.00. The van der Waals surface area contributed by atoms with E-state index in [1.165, 1.54) is 6.07 Å². The molecule has 0 spiro atoms. The third kappa shape index (κ3) is 2.31. The first-order valence-electron chi connectivity index (χ1n) is 3.53. The van der Waals surface area contributed by atoms with Crippen LogP contribution in [0.15, 0.2) is 18.2 Å². The fourth-order valence-electron chi connectivity index (χ4n) is 0.989. The van der Waals surface area contributed by atoms with E-state index in [1.807, 2.05) is 6.92 Å². The van der Waals surface area contributed by atoms with Gasteiger partial charge >= 0.3 is 0 Å². The molecule has 0 saturated carbocycles. The topological polar surface area (TPSA) is 17.1 Å². The molecular weight excluding hydrogens is 179 g/mol. The van der Waals surface area contributed by atoms with Gasteiger partial charge in [-0.3, -0.25) is 4.79 Å². The normalized spacial score (nSPS) is 9.92. The van der Waals surface area contributed by atoms with Crippen LogP contribution in [-0.2, 0) is 11.2 Å². The summed E-state index contributed by atoms with van der Waals surface area (Å²) in [7, 11) is 0. The van der Waals surface area contributed by atoms with Gasteiger partial charge in [-0.15, -0.1) is 0 Å². The van der Waals surface area contributed by atoms with E-state index in [9.17, 15) is 9.18 Å². The zero-order valence-electron chi connectivity index (χ0n) is 6.60. The first kappa shape index (κ1) is 9.20. The Morgan fingerprint density at radius 3 is 2.83 bits per heavy atom. The molecule has 0 atom stereocenters. The van der Waals surface area contributed by atoms with Crippen molar-refractivity contribution in [3.05, 3.63) is 35.1 Å². The van der Waals surface area contributed by atoms with Crippen LogP contribution in [0.25, 0.3) is 0 Å². The highest BCUT2D eigenvalue weighted by molar-refractivity contribution is 6.63. The molecule has 0 aromatic heterocycles. The second kappa shape index (κ2) is 3.68. The molecule has 0 N–H and O–H groups in total. The Morgan fingerprint density at radius 2 is 2.25 bits per heavy atom. The van der Waals surface area contributed by atoms with Gasteiger partial charge in [-0.25, -0.2) is 4.39 Å². The molecule has 12 heavy (non-hydrogen) atoms. The molecule has 0 amide bonds. The molecule has 0 saturated heterocycles. The van der Waals surface area contributed by atoms with Gasteiger partial charge in [0.25, 0.3) is 0 Å². The van der Waals surface area contributed by atoms with Crippen molar-refractivity contribution in [3.8, 4) is 0 Å². The minimum Gasteiger partial charge on any atom is -0.281 e. The summed E-state index contributed by atoms with van der Waals surface area (Å²) in [5.74, 6) is -0.380. The molecule has 0 unspecified atom stereocenters. The Morgan fingerprint density at radius 1 is 1.58 bits per heavy atom. The average Bonchev–Trinajstić information content (AvgIpc) is 1.96. The number of carbonyl (C=O) groups excluding carboxylic acids is 1. The lowest BCUT2D eigenvalue weighted by molar-refractivity contribution is -0.111. The van der Waals surface area contributed by atoms with E-state index in [0.29, 0.717) is 5.56 Å². The number of benzene rings is 1. The fraction of sp³-hybridized carbons (Fsp3) is 0.222. The largest absolute Gasteiger partial charge is 0.281 e. The predicted molar refractivity (Wildman–Crippen MR) is 45.7 cm³/mol. The van der Waals surface area contributed by atoms with E-state index in [-0.39, 0.29) is 12.2 Å². The van der Waals surface area contributed by atoms with Crippen LogP contribution in [0.1, 0.15) is 11.1 Å². The number of halogens is 2. The van der Waals surface area contributed by atoms with E-state index in [2.05, 4.69) is 0 Å². The highest BCUT2D eigenvalue weighted by atomic mass is 35.5. The average molecular weight is 187 g/mol. The highest BCUT2D eigenvalue weighted by Crippen LogP contribution is 2.11. The van der Waals surface area contributed by atoms with Crippen LogP contribution in [0.3, 0.4) is 0 Å². The van der Waals surface area contributed by atoms with E-state index < -0.39 is 5.24 Å². The Kier molecular flexibility index (Phi) is 2.82. The molecule has 0 aliphatic rings. The van der Waals surface area contributed by atoms with Gasteiger partial charge in [0.15, 0.2) is 0 Å². The maximum Gasteiger partial charge on any atom is 0.226 e. The molecule has 0 aliphatic carbocycles. The van der Waals surface area contributed by atoms with Gasteiger partial charge in [-0.2, -0.15) is 0 Å². The number of carbonyl (C=O) groups is 1. The van der Waals surface area contributed by atoms with Gasteiger partial charge in [0.2, 0.25) is 5.24 Å². The Bertz CT molecular complexity index is 309. The van der Waals surface area contributed by atoms with Gasteiger partial charge in [0.05, 0.1) is 0 Å². The monoisotopic (exact) mass is 186 g/mol. The van der Waals surface area contributed by atoms with Crippen LogP contribution < -0.4 is 0 Å². The first-order chi connectivity index (χ1) is 5.59. The number of aryl methyl sites for hydroxylation is 1. The van der Waals surface area contributed by atoms with Gasteiger partial charge < -0.3 is 0 Å². The molecule has 1 aromatic rings. The quantitative estimate of drug-likeness (QED) is 0.649. The van der Waals surface area contributed by atoms with E-state index in [1.54, 1.807) is 12.1 Å². The summed E-state index contributed by atoms with van der Waals surface area (Å²) in [6.45, 7) is 1.83. The molecule has 3 heteroatoms. The third-order valence-electron chi connectivity index (χ3n) is 1.53. The number of hydrogen-bond donors (Lipinski definition) is 0. The predicted octanol–water partition coefficient (Wildman–Crippen LogP) is 2.44. The molecule has 0 aliphatic heterocycles. The molecule has 64 valence electrons. The van der Waals surface area contributed by atoms with Gasteiger partial charge in [-0.05, 0) is 30.2 Å². The third-order valence-corrected chi connectivity index (χ3v) is 1.66. The van der Waals surface area contributed by atoms with Crippen LogP contribution in [0.5, 0.6) is 0 Å². The summed E-state index contributed by atoms with van der Waals surface area (Å²) in [6, 6.07) is 4.61. The Hall–Kier alpha value is -0.890. The molecule has 0 heterocycles. The van der Waals surface area contributed by atoms with Crippen molar-refractivity contribution in [2.75, 3.05) is 0 Å². The lowest BCUT2D eigenvalue weighted by Crippen LogP contribution is -1.97. The van der Waals surface area contributed by atoms with Gasteiger partial charge in [0.1, 0.15) is 5.82 Å². The SMILES string of the molecule is Cc1ccc(F)c(CC(=O)Cl)c1. The zero-order chi connectivity index (χ0) is 9.14. The van der Waals surface area contributed by atoms with E-state index >= 15 is 0 Å². The molecule has 0 bridgehead atoms. The van der Waals surface area contributed by atoms with Crippen molar-refractivity contribution in [2.24, 2.45) is 0 Å². The van der Waals surface area contributed by atoms with Crippen LogP contribution in [-0.4, -0.2) is 5.24 Å². The summed E-state index contributed by atoms with van der Waals surface area (Å²) >= 11 is 5.13. The standard InChI is InChI=1S/C9H8ClFO/c1-6-2-3-8(11)7(4-6)5-9(10)12/h2-4H,5H2,1H3. The molecule has 1 nitrogen and oxygen atoms in total. The minimum atomic E-state index is -0.542. The summed E-state index contributed by atoms with van der Waals surface area (Å²) < 4.78 is 12.9. The lowest BCUT2D eigenvalue weighted by atomic mass is 10.1.